The van der Waals surface area contributed by atoms with Crippen molar-refractivity contribution in [2.24, 2.45) is 0 Å². The van der Waals surface area contributed by atoms with E-state index in [0.717, 1.165) is 11.6 Å². The summed E-state index contributed by atoms with van der Waals surface area (Å²) in [5, 5.41) is 3.51. The van der Waals surface area contributed by atoms with Gasteiger partial charge >= 0.3 is 6.18 Å². The Balaban J connectivity index is 2.57. The van der Waals surface area contributed by atoms with Gasteiger partial charge in [-0.1, -0.05) is 18.2 Å². The van der Waals surface area contributed by atoms with Gasteiger partial charge in [-0.3, -0.25) is 0 Å². The summed E-state index contributed by atoms with van der Waals surface area (Å²) >= 11 is 0. The van der Waals surface area contributed by atoms with Crippen LogP contribution in [0.15, 0.2) is 24.3 Å². The molecule has 2 rings (SSSR count). The molecule has 1 heterocycles. The first-order chi connectivity index (χ1) is 7.52. The summed E-state index contributed by atoms with van der Waals surface area (Å²) in [6.07, 6.45) is -4.32. The number of halogens is 3. The van der Waals surface area contributed by atoms with Crippen LogP contribution in [0.3, 0.4) is 0 Å². The van der Waals surface area contributed by atoms with Gasteiger partial charge in [0, 0.05) is 11.9 Å². The van der Waals surface area contributed by atoms with Gasteiger partial charge in [0.25, 0.3) is 0 Å². The molecule has 0 aliphatic rings. The molecule has 1 aromatic heterocycles. The number of para-hydroxylation sites is 1. The average molecular weight is 228 g/mol. The largest absolute Gasteiger partial charge is 0.431 e. The first-order valence-electron chi connectivity index (χ1n) is 4.85. The molecule has 0 atom stereocenters. The first kappa shape index (κ1) is 11.0. The van der Waals surface area contributed by atoms with E-state index < -0.39 is 11.9 Å². The average Bonchev–Trinajstić information content (AvgIpc) is 2.62. The molecule has 16 heavy (non-hydrogen) atoms. The highest BCUT2D eigenvalue weighted by atomic mass is 19.4. The SMILES string of the molecule is CNCc1cccc2cc(C(F)(F)F)[nH]c12. The molecule has 0 amide bonds. The zero-order valence-corrected chi connectivity index (χ0v) is 8.65. The van der Waals surface area contributed by atoms with Crippen molar-refractivity contribution in [2.75, 3.05) is 7.05 Å². The zero-order valence-electron chi connectivity index (χ0n) is 8.65. The van der Waals surface area contributed by atoms with Gasteiger partial charge in [-0.15, -0.1) is 0 Å². The number of hydrogen-bond donors (Lipinski definition) is 2. The minimum absolute atomic E-state index is 0.537. The standard InChI is InChI=1S/C11H11F3N2/c1-15-6-8-4-2-3-7-5-9(11(12,13)14)16-10(7)8/h2-5,15-16H,6H2,1H3. The van der Waals surface area contributed by atoms with Crippen LogP contribution in [0, 0.1) is 0 Å². The van der Waals surface area contributed by atoms with Gasteiger partial charge in [0.2, 0.25) is 0 Å². The van der Waals surface area contributed by atoms with Crippen molar-refractivity contribution in [3.63, 3.8) is 0 Å². The second kappa shape index (κ2) is 3.83. The highest BCUT2D eigenvalue weighted by Crippen LogP contribution is 2.31. The third-order valence-corrected chi connectivity index (χ3v) is 2.42. The van der Waals surface area contributed by atoms with Crippen LogP contribution < -0.4 is 5.32 Å². The van der Waals surface area contributed by atoms with Gasteiger partial charge in [-0.25, -0.2) is 0 Å². The fourth-order valence-electron chi connectivity index (χ4n) is 1.71. The van der Waals surface area contributed by atoms with Gasteiger partial charge in [0.1, 0.15) is 5.69 Å². The van der Waals surface area contributed by atoms with E-state index in [1.165, 1.54) is 0 Å². The van der Waals surface area contributed by atoms with E-state index in [4.69, 9.17) is 0 Å². The molecule has 0 bridgehead atoms. The maximum Gasteiger partial charge on any atom is 0.431 e. The Morgan fingerprint density at radius 2 is 2.06 bits per heavy atom. The summed E-state index contributed by atoms with van der Waals surface area (Å²) in [5.41, 5.74) is 0.672. The van der Waals surface area contributed by atoms with Crippen molar-refractivity contribution < 1.29 is 13.2 Å². The minimum atomic E-state index is -4.32. The molecule has 0 saturated carbocycles. The number of nitrogens with one attached hydrogen (secondary N) is 2. The second-order valence-electron chi connectivity index (χ2n) is 3.59. The number of alkyl halides is 3. The monoisotopic (exact) mass is 228 g/mol. The topological polar surface area (TPSA) is 27.8 Å². The van der Waals surface area contributed by atoms with Gasteiger partial charge in [-0.05, 0) is 18.7 Å². The molecule has 2 nitrogen and oxygen atoms in total. The van der Waals surface area contributed by atoms with E-state index in [9.17, 15) is 13.2 Å². The van der Waals surface area contributed by atoms with Crippen molar-refractivity contribution in [3.05, 3.63) is 35.5 Å². The smallest absolute Gasteiger partial charge is 0.351 e. The Labute approximate surface area is 90.5 Å². The highest BCUT2D eigenvalue weighted by molar-refractivity contribution is 5.83. The van der Waals surface area contributed by atoms with Crippen LogP contribution in [0.2, 0.25) is 0 Å². The number of benzene rings is 1. The Hall–Kier alpha value is -1.49. The highest BCUT2D eigenvalue weighted by Gasteiger charge is 2.32. The van der Waals surface area contributed by atoms with Crippen molar-refractivity contribution in [1.29, 1.82) is 0 Å². The fraction of sp³-hybridized carbons (Fsp3) is 0.273. The van der Waals surface area contributed by atoms with E-state index in [1.54, 1.807) is 25.2 Å². The summed E-state index contributed by atoms with van der Waals surface area (Å²) in [4.78, 5) is 2.42. The summed E-state index contributed by atoms with van der Waals surface area (Å²) in [7, 11) is 1.76. The molecule has 1 aromatic carbocycles. The Morgan fingerprint density at radius 3 is 2.69 bits per heavy atom. The van der Waals surface area contributed by atoms with Crippen LogP contribution in [0.5, 0.6) is 0 Å². The second-order valence-corrected chi connectivity index (χ2v) is 3.59. The lowest BCUT2D eigenvalue weighted by atomic mass is 10.1. The number of aromatic nitrogens is 1. The first-order valence-corrected chi connectivity index (χ1v) is 4.85. The lowest BCUT2D eigenvalue weighted by molar-refractivity contribution is -0.140. The van der Waals surface area contributed by atoms with Crippen molar-refractivity contribution >= 4 is 10.9 Å². The fourth-order valence-corrected chi connectivity index (χ4v) is 1.71. The number of H-pyrrole nitrogens is 1. The van der Waals surface area contributed by atoms with Crippen LogP contribution in [0.1, 0.15) is 11.3 Å². The lowest BCUT2D eigenvalue weighted by Gasteiger charge is -2.03. The predicted octanol–water partition coefficient (Wildman–Crippen LogP) is 2.91. The molecule has 0 aliphatic heterocycles. The normalized spacial score (nSPS) is 12.2. The molecule has 0 unspecified atom stereocenters. The molecule has 0 spiro atoms. The Morgan fingerprint density at radius 1 is 1.31 bits per heavy atom. The molecular formula is C11H11F3N2. The number of aromatic amines is 1. The molecule has 0 aliphatic carbocycles. The van der Waals surface area contributed by atoms with E-state index in [-0.39, 0.29) is 0 Å². The summed E-state index contributed by atoms with van der Waals surface area (Å²) < 4.78 is 37.5. The Kier molecular flexibility index (Phi) is 2.63. The van der Waals surface area contributed by atoms with E-state index in [2.05, 4.69) is 10.3 Å². The maximum atomic E-state index is 12.5. The molecule has 0 saturated heterocycles. The van der Waals surface area contributed by atoms with E-state index in [1.807, 2.05) is 0 Å². The van der Waals surface area contributed by atoms with E-state index >= 15 is 0 Å². The Bertz CT molecular complexity index is 499. The molecule has 2 N–H and O–H groups in total. The van der Waals surface area contributed by atoms with E-state index in [0.29, 0.717) is 17.4 Å². The summed E-state index contributed by atoms with van der Waals surface area (Å²) in [5.74, 6) is 0. The van der Waals surface area contributed by atoms with Crippen LogP contribution in [-0.2, 0) is 12.7 Å². The van der Waals surface area contributed by atoms with Gasteiger partial charge < -0.3 is 10.3 Å². The summed E-state index contributed by atoms with van der Waals surface area (Å²) in [6.45, 7) is 0.537. The van der Waals surface area contributed by atoms with Crippen LogP contribution in [0.25, 0.3) is 10.9 Å². The molecule has 5 heteroatoms. The lowest BCUT2D eigenvalue weighted by Crippen LogP contribution is -2.06. The molecule has 86 valence electrons. The summed E-state index contributed by atoms with van der Waals surface area (Å²) in [6, 6.07) is 6.35. The quantitative estimate of drug-likeness (QED) is 0.812. The molecule has 0 radical (unpaired) electrons. The minimum Gasteiger partial charge on any atom is -0.351 e. The van der Waals surface area contributed by atoms with Crippen molar-refractivity contribution in [3.8, 4) is 0 Å². The molecule has 2 aromatic rings. The van der Waals surface area contributed by atoms with Crippen LogP contribution in [0.4, 0.5) is 13.2 Å². The van der Waals surface area contributed by atoms with Crippen molar-refractivity contribution in [2.45, 2.75) is 12.7 Å². The van der Waals surface area contributed by atoms with Crippen molar-refractivity contribution in [1.82, 2.24) is 10.3 Å². The van der Waals surface area contributed by atoms with Crippen LogP contribution >= 0.6 is 0 Å². The number of fused-ring (bicyclic) bond motifs is 1. The molecule has 0 fully saturated rings. The van der Waals surface area contributed by atoms with Gasteiger partial charge in [0.05, 0.1) is 5.52 Å². The predicted molar refractivity (Wildman–Crippen MR) is 56.1 cm³/mol. The third-order valence-electron chi connectivity index (χ3n) is 2.42. The van der Waals surface area contributed by atoms with Crippen LogP contribution in [-0.4, -0.2) is 12.0 Å². The number of rotatable bonds is 2. The zero-order chi connectivity index (χ0) is 11.8. The third kappa shape index (κ3) is 1.90. The van der Waals surface area contributed by atoms with Gasteiger partial charge in [-0.2, -0.15) is 13.2 Å². The maximum absolute atomic E-state index is 12.5. The number of hydrogen-bond acceptors (Lipinski definition) is 1. The van der Waals surface area contributed by atoms with Gasteiger partial charge in [0.15, 0.2) is 0 Å². The molecular weight excluding hydrogens is 217 g/mol.